The molecule has 3 heteroatoms. The number of imidazole rings is 1. The molecular formula is C11H15N3. The van der Waals surface area contributed by atoms with Crippen LogP contribution in [0, 0.1) is 20.8 Å². The summed E-state index contributed by atoms with van der Waals surface area (Å²) in [6.07, 6.45) is 1.92. The van der Waals surface area contributed by atoms with Gasteiger partial charge in [0.25, 0.3) is 0 Å². The largest absolute Gasteiger partial charge is 0.328 e. The normalized spacial score (nSPS) is 11.1. The van der Waals surface area contributed by atoms with Crippen LogP contribution in [-0.4, -0.2) is 14.5 Å². The summed E-state index contributed by atoms with van der Waals surface area (Å²) in [4.78, 5) is 8.86. The van der Waals surface area contributed by atoms with Gasteiger partial charge >= 0.3 is 0 Å². The van der Waals surface area contributed by atoms with E-state index in [1.807, 2.05) is 20.0 Å². The number of aromatic nitrogens is 3. The van der Waals surface area contributed by atoms with Gasteiger partial charge in [-0.05, 0) is 33.3 Å². The Morgan fingerprint density at radius 1 is 1.29 bits per heavy atom. The first-order valence-corrected chi connectivity index (χ1v) is 4.94. The molecule has 0 bridgehead atoms. The molecule has 2 aromatic heterocycles. The molecule has 0 radical (unpaired) electrons. The molecule has 74 valence electrons. The van der Waals surface area contributed by atoms with E-state index >= 15 is 0 Å². The highest BCUT2D eigenvalue weighted by Crippen LogP contribution is 2.21. The molecule has 14 heavy (non-hydrogen) atoms. The Balaban J connectivity index is 2.93. The van der Waals surface area contributed by atoms with Crippen LogP contribution in [-0.2, 0) is 6.54 Å². The van der Waals surface area contributed by atoms with Gasteiger partial charge in [-0.2, -0.15) is 0 Å². The molecule has 0 unspecified atom stereocenters. The van der Waals surface area contributed by atoms with Crippen LogP contribution >= 0.6 is 0 Å². The minimum Gasteiger partial charge on any atom is -0.328 e. The Bertz CT molecular complexity index is 483. The lowest BCUT2D eigenvalue weighted by atomic mass is 10.2. The molecule has 0 N–H and O–H groups in total. The molecule has 0 aliphatic heterocycles. The number of pyridine rings is 1. The van der Waals surface area contributed by atoms with E-state index in [4.69, 9.17) is 0 Å². The van der Waals surface area contributed by atoms with Crippen LogP contribution in [0.3, 0.4) is 0 Å². The maximum atomic E-state index is 4.54. The van der Waals surface area contributed by atoms with Crippen LogP contribution < -0.4 is 0 Å². The van der Waals surface area contributed by atoms with Gasteiger partial charge in [-0.25, -0.2) is 4.98 Å². The smallest absolute Gasteiger partial charge is 0.110 e. The number of aryl methyl sites for hydroxylation is 4. The van der Waals surface area contributed by atoms with Gasteiger partial charge in [-0.1, -0.05) is 0 Å². The Hall–Kier alpha value is -1.38. The third-order valence-electron chi connectivity index (χ3n) is 2.64. The zero-order valence-electron chi connectivity index (χ0n) is 9.13. The monoisotopic (exact) mass is 189 g/mol. The van der Waals surface area contributed by atoms with Crippen molar-refractivity contribution >= 4 is 11.0 Å². The average molecular weight is 189 g/mol. The van der Waals surface area contributed by atoms with Crippen molar-refractivity contribution in [3.63, 3.8) is 0 Å². The van der Waals surface area contributed by atoms with Crippen LogP contribution in [0.4, 0.5) is 0 Å². The molecule has 0 amide bonds. The van der Waals surface area contributed by atoms with E-state index < -0.39 is 0 Å². The molecule has 0 saturated carbocycles. The third-order valence-corrected chi connectivity index (χ3v) is 2.64. The Morgan fingerprint density at radius 3 is 2.64 bits per heavy atom. The standard InChI is InChI=1S/C11H15N3/c1-5-14-9(4)13-10-8(3)12-6-7(2)11(10)14/h6H,5H2,1-4H3. The fourth-order valence-corrected chi connectivity index (χ4v) is 1.92. The fourth-order valence-electron chi connectivity index (χ4n) is 1.92. The van der Waals surface area contributed by atoms with E-state index in [1.54, 1.807) is 0 Å². The van der Waals surface area contributed by atoms with Crippen molar-refractivity contribution < 1.29 is 0 Å². The molecule has 0 fully saturated rings. The van der Waals surface area contributed by atoms with Crippen molar-refractivity contribution in [2.24, 2.45) is 0 Å². The quantitative estimate of drug-likeness (QED) is 0.689. The van der Waals surface area contributed by atoms with E-state index in [-0.39, 0.29) is 0 Å². The third kappa shape index (κ3) is 1.12. The van der Waals surface area contributed by atoms with Crippen molar-refractivity contribution in [1.82, 2.24) is 14.5 Å². The van der Waals surface area contributed by atoms with Crippen molar-refractivity contribution in [2.45, 2.75) is 34.2 Å². The summed E-state index contributed by atoms with van der Waals surface area (Å²) in [5.41, 5.74) is 4.50. The van der Waals surface area contributed by atoms with Crippen molar-refractivity contribution in [2.75, 3.05) is 0 Å². The summed E-state index contributed by atoms with van der Waals surface area (Å²) >= 11 is 0. The number of nitrogens with zero attached hydrogens (tertiary/aromatic N) is 3. The summed E-state index contributed by atoms with van der Waals surface area (Å²) in [7, 11) is 0. The van der Waals surface area contributed by atoms with Crippen molar-refractivity contribution in [3.05, 3.63) is 23.3 Å². The predicted molar refractivity (Wildman–Crippen MR) is 57.4 cm³/mol. The van der Waals surface area contributed by atoms with Gasteiger partial charge < -0.3 is 4.57 Å². The Labute approximate surface area is 83.8 Å². The molecule has 0 atom stereocenters. The highest BCUT2D eigenvalue weighted by Gasteiger charge is 2.10. The second kappa shape index (κ2) is 3.08. The van der Waals surface area contributed by atoms with Gasteiger partial charge in [0.15, 0.2) is 0 Å². The summed E-state index contributed by atoms with van der Waals surface area (Å²) in [5.74, 6) is 1.07. The minimum absolute atomic E-state index is 0.965. The molecular weight excluding hydrogens is 174 g/mol. The molecule has 2 rings (SSSR count). The number of fused-ring (bicyclic) bond motifs is 1. The first-order chi connectivity index (χ1) is 6.65. The van der Waals surface area contributed by atoms with Gasteiger partial charge in [0, 0.05) is 12.7 Å². The molecule has 0 aliphatic rings. The summed E-state index contributed by atoms with van der Waals surface area (Å²) < 4.78 is 2.24. The number of hydrogen-bond acceptors (Lipinski definition) is 2. The molecule has 0 aliphatic carbocycles. The second-order valence-electron chi connectivity index (χ2n) is 3.63. The van der Waals surface area contributed by atoms with Crippen LogP contribution in [0.25, 0.3) is 11.0 Å². The van der Waals surface area contributed by atoms with Gasteiger partial charge in [-0.3, -0.25) is 4.98 Å². The first-order valence-electron chi connectivity index (χ1n) is 4.94. The van der Waals surface area contributed by atoms with E-state index in [0.29, 0.717) is 0 Å². The molecule has 0 aromatic carbocycles. The SMILES string of the molecule is CCn1c(C)nc2c(C)ncc(C)c21. The van der Waals surface area contributed by atoms with E-state index in [9.17, 15) is 0 Å². The van der Waals surface area contributed by atoms with Gasteiger partial charge in [0.05, 0.1) is 11.2 Å². The minimum atomic E-state index is 0.965. The highest BCUT2D eigenvalue weighted by atomic mass is 15.1. The lowest BCUT2D eigenvalue weighted by molar-refractivity contribution is 0.751. The molecule has 3 nitrogen and oxygen atoms in total. The highest BCUT2D eigenvalue weighted by molar-refractivity contribution is 5.81. The summed E-state index contributed by atoms with van der Waals surface area (Å²) in [6.45, 7) is 9.24. The predicted octanol–water partition coefficient (Wildman–Crippen LogP) is 2.38. The van der Waals surface area contributed by atoms with Gasteiger partial charge in [-0.15, -0.1) is 0 Å². The average Bonchev–Trinajstić information content (AvgIpc) is 2.50. The maximum Gasteiger partial charge on any atom is 0.110 e. The maximum absolute atomic E-state index is 4.54. The zero-order valence-corrected chi connectivity index (χ0v) is 9.13. The van der Waals surface area contributed by atoms with Crippen molar-refractivity contribution in [3.8, 4) is 0 Å². The van der Waals surface area contributed by atoms with Crippen LogP contribution in [0.1, 0.15) is 24.0 Å². The van der Waals surface area contributed by atoms with Crippen LogP contribution in [0.15, 0.2) is 6.20 Å². The van der Waals surface area contributed by atoms with Gasteiger partial charge in [0.1, 0.15) is 11.3 Å². The van der Waals surface area contributed by atoms with E-state index in [0.717, 1.165) is 23.6 Å². The number of hydrogen-bond donors (Lipinski definition) is 0. The molecule has 0 saturated heterocycles. The summed E-state index contributed by atoms with van der Waals surface area (Å²) in [5, 5.41) is 0. The number of rotatable bonds is 1. The molecule has 2 heterocycles. The van der Waals surface area contributed by atoms with E-state index in [1.165, 1.54) is 11.1 Å². The lowest BCUT2D eigenvalue weighted by Crippen LogP contribution is -1.98. The zero-order chi connectivity index (χ0) is 10.3. The lowest BCUT2D eigenvalue weighted by Gasteiger charge is -2.04. The topological polar surface area (TPSA) is 30.7 Å². The Kier molecular flexibility index (Phi) is 2.02. The van der Waals surface area contributed by atoms with E-state index in [2.05, 4.69) is 28.4 Å². The second-order valence-corrected chi connectivity index (χ2v) is 3.63. The van der Waals surface area contributed by atoms with Crippen LogP contribution in [0.5, 0.6) is 0 Å². The van der Waals surface area contributed by atoms with Crippen LogP contribution in [0.2, 0.25) is 0 Å². The van der Waals surface area contributed by atoms with Gasteiger partial charge in [0.2, 0.25) is 0 Å². The first kappa shape index (κ1) is 9.19. The molecule has 0 spiro atoms. The fraction of sp³-hybridized carbons (Fsp3) is 0.455. The van der Waals surface area contributed by atoms with Crippen molar-refractivity contribution in [1.29, 1.82) is 0 Å². The molecule has 2 aromatic rings. The Morgan fingerprint density at radius 2 is 2.00 bits per heavy atom. The summed E-state index contributed by atoms with van der Waals surface area (Å²) in [6, 6.07) is 0.